The van der Waals surface area contributed by atoms with Gasteiger partial charge in [-0.1, -0.05) is 30.3 Å². The standard InChI is InChI=1S/C22H26N4O2/c1-16(26-9-12-28-13-10-26)17-2-4-18(5-3-17)19-6-7-21-20(14-19)22(23-8-11-27)25-15-24-21/h2-7,14-16,27H,8-13H2,1H3,(H,23,24,25)/t16-/m1/s1. The highest BCUT2D eigenvalue weighted by atomic mass is 16.5. The molecule has 0 saturated carbocycles. The number of nitrogens with zero attached hydrogens (tertiary/aromatic N) is 3. The van der Waals surface area contributed by atoms with Crippen molar-refractivity contribution in [3.8, 4) is 11.1 Å². The van der Waals surface area contributed by atoms with E-state index in [4.69, 9.17) is 9.84 Å². The summed E-state index contributed by atoms with van der Waals surface area (Å²) in [6, 6.07) is 15.4. The molecule has 4 rings (SSSR count). The van der Waals surface area contributed by atoms with Gasteiger partial charge in [-0.2, -0.15) is 0 Å². The molecule has 1 aromatic heterocycles. The maximum atomic E-state index is 9.08. The van der Waals surface area contributed by atoms with Crippen LogP contribution in [0.25, 0.3) is 22.0 Å². The SMILES string of the molecule is C[C@H](c1ccc(-c2ccc3ncnc(NCCO)c3c2)cc1)N1CCOCC1. The number of aliphatic hydroxyl groups is 1. The number of aromatic nitrogens is 2. The zero-order chi connectivity index (χ0) is 19.3. The predicted molar refractivity (Wildman–Crippen MR) is 111 cm³/mol. The zero-order valence-electron chi connectivity index (χ0n) is 16.1. The van der Waals surface area contributed by atoms with Gasteiger partial charge in [-0.25, -0.2) is 9.97 Å². The summed E-state index contributed by atoms with van der Waals surface area (Å²) < 4.78 is 5.46. The third-order valence-corrected chi connectivity index (χ3v) is 5.36. The fourth-order valence-corrected chi connectivity index (χ4v) is 3.68. The Hall–Kier alpha value is -2.54. The lowest BCUT2D eigenvalue weighted by molar-refractivity contribution is 0.0198. The average Bonchev–Trinajstić information content (AvgIpc) is 2.77. The zero-order valence-corrected chi connectivity index (χ0v) is 16.1. The third kappa shape index (κ3) is 3.99. The van der Waals surface area contributed by atoms with Crippen molar-refractivity contribution < 1.29 is 9.84 Å². The average molecular weight is 378 g/mol. The van der Waals surface area contributed by atoms with Crippen LogP contribution in [0.5, 0.6) is 0 Å². The number of anilines is 1. The second kappa shape index (κ2) is 8.65. The Bertz CT molecular complexity index is 923. The van der Waals surface area contributed by atoms with Gasteiger partial charge in [0.05, 0.1) is 25.3 Å². The minimum atomic E-state index is 0.0635. The van der Waals surface area contributed by atoms with E-state index in [1.54, 1.807) is 6.33 Å². The molecule has 0 bridgehead atoms. The molecule has 0 spiro atoms. The Kier molecular flexibility index (Phi) is 5.81. The number of hydrogen-bond donors (Lipinski definition) is 2. The largest absolute Gasteiger partial charge is 0.395 e. The van der Waals surface area contributed by atoms with E-state index in [-0.39, 0.29) is 6.61 Å². The first kappa shape index (κ1) is 18.8. The summed E-state index contributed by atoms with van der Waals surface area (Å²) >= 11 is 0. The molecule has 2 N–H and O–H groups in total. The first-order valence-electron chi connectivity index (χ1n) is 9.78. The highest BCUT2D eigenvalue weighted by Crippen LogP contribution is 2.29. The van der Waals surface area contributed by atoms with E-state index in [9.17, 15) is 0 Å². The summed E-state index contributed by atoms with van der Waals surface area (Å²) in [5.41, 5.74) is 4.49. The molecule has 0 unspecified atom stereocenters. The summed E-state index contributed by atoms with van der Waals surface area (Å²) in [5.74, 6) is 0.749. The quantitative estimate of drug-likeness (QED) is 0.687. The van der Waals surface area contributed by atoms with Gasteiger partial charge in [-0.05, 0) is 35.7 Å². The van der Waals surface area contributed by atoms with Gasteiger partial charge >= 0.3 is 0 Å². The van der Waals surface area contributed by atoms with Crippen LogP contribution in [0.15, 0.2) is 48.8 Å². The number of aliphatic hydroxyl groups excluding tert-OH is 1. The molecular formula is C22H26N4O2. The molecule has 3 aromatic rings. The molecule has 28 heavy (non-hydrogen) atoms. The normalized spacial score (nSPS) is 16.2. The summed E-state index contributed by atoms with van der Waals surface area (Å²) in [7, 11) is 0. The number of nitrogens with one attached hydrogen (secondary N) is 1. The maximum absolute atomic E-state index is 9.08. The van der Waals surface area contributed by atoms with Gasteiger partial charge in [-0.3, -0.25) is 4.90 Å². The third-order valence-electron chi connectivity index (χ3n) is 5.36. The molecule has 1 aliphatic rings. The Morgan fingerprint density at radius 2 is 1.82 bits per heavy atom. The van der Waals surface area contributed by atoms with Gasteiger partial charge in [0.25, 0.3) is 0 Å². The van der Waals surface area contributed by atoms with Crippen molar-refractivity contribution >= 4 is 16.7 Å². The first-order valence-corrected chi connectivity index (χ1v) is 9.78. The molecule has 0 aliphatic carbocycles. The van der Waals surface area contributed by atoms with E-state index in [1.807, 2.05) is 6.07 Å². The van der Waals surface area contributed by atoms with Gasteiger partial charge < -0.3 is 15.2 Å². The Balaban J connectivity index is 1.59. The second-order valence-electron chi connectivity index (χ2n) is 7.05. The Labute approximate surface area is 165 Å². The second-order valence-corrected chi connectivity index (χ2v) is 7.05. The molecule has 6 nitrogen and oxygen atoms in total. The van der Waals surface area contributed by atoms with Gasteiger partial charge in [-0.15, -0.1) is 0 Å². The van der Waals surface area contributed by atoms with Crippen molar-refractivity contribution in [1.82, 2.24) is 14.9 Å². The molecule has 2 aromatic carbocycles. The monoisotopic (exact) mass is 378 g/mol. The fraction of sp³-hybridized carbons (Fsp3) is 0.364. The van der Waals surface area contributed by atoms with E-state index in [2.05, 4.69) is 63.5 Å². The smallest absolute Gasteiger partial charge is 0.137 e. The minimum absolute atomic E-state index is 0.0635. The Morgan fingerprint density at radius 1 is 1.07 bits per heavy atom. The first-order chi connectivity index (χ1) is 13.8. The molecule has 1 aliphatic heterocycles. The van der Waals surface area contributed by atoms with Gasteiger partial charge in [0.2, 0.25) is 0 Å². The molecule has 1 saturated heterocycles. The number of morpholine rings is 1. The van der Waals surface area contributed by atoms with E-state index in [1.165, 1.54) is 5.56 Å². The molecular weight excluding hydrogens is 352 g/mol. The molecule has 146 valence electrons. The molecule has 6 heteroatoms. The number of ether oxygens (including phenoxy) is 1. The number of hydrogen-bond acceptors (Lipinski definition) is 6. The van der Waals surface area contributed by atoms with Crippen molar-refractivity contribution in [2.24, 2.45) is 0 Å². The summed E-state index contributed by atoms with van der Waals surface area (Å²) in [6.45, 7) is 6.38. The van der Waals surface area contributed by atoms with Crippen molar-refractivity contribution in [1.29, 1.82) is 0 Å². The van der Waals surface area contributed by atoms with Crippen LogP contribution in [0.1, 0.15) is 18.5 Å². The highest BCUT2D eigenvalue weighted by Gasteiger charge is 2.18. The summed E-state index contributed by atoms with van der Waals surface area (Å²) in [5, 5.41) is 13.2. The van der Waals surface area contributed by atoms with Crippen LogP contribution in [0.2, 0.25) is 0 Å². The van der Waals surface area contributed by atoms with Crippen LogP contribution in [0.4, 0.5) is 5.82 Å². The van der Waals surface area contributed by atoms with Crippen LogP contribution < -0.4 is 5.32 Å². The van der Waals surface area contributed by atoms with Crippen LogP contribution in [0.3, 0.4) is 0 Å². The van der Waals surface area contributed by atoms with Gasteiger partial charge in [0.15, 0.2) is 0 Å². The number of fused-ring (bicyclic) bond motifs is 1. The lowest BCUT2D eigenvalue weighted by Crippen LogP contribution is -2.37. The van der Waals surface area contributed by atoms with Crippen LogP contribution in [-0.4, -0.2) is 59.4 Å². The molecule has 0 amide bonds. The lowest BCUT2D eigenvalue weighted by Gasteiger charge is -2.32. The van der Waals surface area contributed by atoms with Crippen LogP contribution >= 0.6 is 0 Å². The number of rotatable bonds is 6. The summed E-state index contributed by atoms with van der Waals surface area (Å²) in [6.07, 6.45) is 1.55. The molecule has 1 atom stereocenters. The molecule has 1 fully saturated rings. The molecule has 2 heterocycles. The Morgan fingerprint density at radius 3 is 2.57 bits per heavy atom. The van der Waals surface area contributed by atoms with Crippen molar-refractivity contribution in [2.75, 3.05) is 44.8 Å². The number of benzene rings is 2. The van der Waals surface area contributed by atoms with E-state index < -0.39 is 0 Å². The van der Waals surface area contributed by atoms with Crippen molar-refractivity contribution in [2.45, 2.75) is 13.0 Å². The van der Waals surface area contributed by atoms with Crippen molar-refractivity contribution in [3.63, 3.8) is 0 Å². The fourth-order valence-electron chi connectivity index (χ4n) is 3.68. The minimum Gasteiger partial charge on any atom is -0.395 e. The van der Waals surface area contributed by atoms with E-state index in [0.717, 1.165) is 54.2 Å². The van der Waals surface area contributed by atoms with Crippen molar-refractivity contribution in [3.05, 3.63) is 54.4 Å². The summed E-state index contributed by atoms with van der Waals surface area (Å²) in [4.78, 5) is 11.1. The topological polar surface area (TPSA) is 70.5 Å². The highest BCUT2D eigenvalue weighted by molar-refractivity contribution is 5.92. The van der Waals surface area contributed by atoms with Crippen LogP contribution in [-0.2, 0) is 4.74 Å². The van der Waals surface area contributed by atoms with E-state index >= 15 is 0 Å². The predicted octanol–water partition coefficient (Wildman–Crippen LogP) is 3.09. The van der Waals surface area contributed by atoms with Gasteiger partial charge in [0.1, 0.15) is 12.1 Å². The molecule has 0 radical (unpaired) electrons. The van der Waals surface area contributed by atoms with Crippen LogP contribution in [0, 0.1) is 0 Å². The van der Waals surface area contributed by atoms with E-state index in [0.29, 0.717) is 12.6 Å². The maximum Gasteiger partial charge on any atom is 0.137 e. The lowest BCUT2D eigenvalue weighted by atomic mass is 9.99. The van der Waals surface area contributed by atoms with Gasteiger partial charge in [0, 0.05) is 31.1 Å².